The molecular formula is C11H20N2OS. The lowest BCUT2D eigenvalue weighted by Gasteiger charge is -2.40. The van der Waals surface area contributed by atoms with E-state index in [1.54, 1.807) is 0 Å². The Morgan fingerprint density at radius 2 is 2.00 bits per heavy atom. The third kappa shape index (κ3) is 2.30. The smallest absolute Gasteiger partial charge is 0.233 e. The highest BCUT2D eigenvalue weighted by Crippen LogP contribution is 2.41. The van der Waals surface area contributed by atoms with Crippen molar-refractivity contribution in [2.45, 2.75) is 52.0 Å². The van der Waals surface area contributed by atoms with Crippen molar-refractivity contribution in [3.8, 4) is 0 Å². The average molecular weight is 228 g/mol. The maximum atomic E-state index is 12.0. The van der Waals surface area contributed by atoms with E-state index in [9.17, 15) is 4.79 Å². The minimum atomic E-state index is -0.530. The van der Waals surface area contributed by atoms with Gasteiger partial charge in [0.1, 0.15) is 0 Å². The third-order valence-electron chi connectivity index (χ3n) is 3.43. The van der Waals surface area contributed by atoms with Gasteiger partial charge in [-0.25, -0.2) is 0 Å². The van der Waals surface area contributed by atoms with E-state index in [-0.39, 0.29) is 11.9 Å². The first-order valence-electron chi connectivity index (χ1n) is 5.67. The van der Waals surface area contributed by atoms with E-state index in [1.165, 1.54) is 0 Å². The van der Waals surface area contributed by atoms with Gasteiger partial charge < -0.3 is 11.1 Å². The number of nitrogens with two attached hydrogens (primary N) is 1. The van der Waals surface area contributed by atoms with Crippen molar-refractivity contribution in [3.63, 3.8) is 0 Å². The second-order valence-electron chi connectivity index (χ2n) is 4.29. The van der Waals surface area contributed by atoms with Crippen molar-refractivity contribution in [1.29, 1.82) is 0 Å². The molecule has 0 bridgehead atoms. The lowest BCUT2D eigenvalue weighted by molar-refractivity contribution is -0.131. The molecule has 0 unspecified atom stereocenters. The average Bonchev–Trinajstić information content (AvgIpc) is 2.11. The monoisotopic (exact) mass is 228 g/mol. The van der Waals surface area contributed by atoms with Crippen molar-refractivity contribution in [2.24, 2.45) is 11.1 Å². The lowest BCUT2D eigenvalue weighted by Crippen LogP contribution is -2.55. The van der Waals surface area contributed by atoms with Gasteiger partial charge in [-0.3, -0.25) is 4.79 Å². The van der Waals surface area contributed by atoms with Gasteiger partial charge in [-0.05, 0) is 25.7 Å². The maximum Gasteiger partial charge on any atom is 0.233 e. The Morgan fingerprint density at radius 1 is 1.47 bits per heavy atom. The number of hydrogen-bond acceptors (Lipinski definition) is 2. The summed E-state index contributed by atoms with van der Waals surface area (Å²) >= 11 is 5.00. The summed E-state index contributed by atoms with van der Waals surface area (Å²) in [7, 11) is 0. The molecule has 1 saturated carbocycles. The van der Waals surface area contributed by atoms with Crippen molar-refractivity contribution >= 4 is 23.1 Å². The number of thiocarbonyl (C=S) groups is 1. The van der Waals surface area contributed by atoms with Crippen LogP contribution in [0.3, 0.4) is 0 Å². The SMILES string of the molecule is CCC(CC)NC(=O)C1(C(N)=S)CCC1. The van der Waals surface area contributed by atoms with Crippen LogP contribution in [0.5, 0.6) is 0 Å². The Morgan fingerprint density at radius 3 is 2.27 bits per heavy atom. The van der Waals surface area contributed by atoms with Crippen molar-refractivity contribution in [2.75, 3.05) is 0 Å². The number of rotatable bonds is 5. The molecule has 1 fully saturated rings. The van der Waals surface area contributed by atoms with Crippen LogP contribution in [-0.2, 0) is 4.79 Å². The van der Waals surface area contributed by atoms with Crippen LogP contribution in [0.25, 0.3) is 0 Å². The summed E-state index contributed by atoms with van der Waals surface area (Å²) in [6, 6.07) is 0.254. The summed E-state index contributed by atoms with van der Waals surface area (Å²) in [6.07, 6.45) is 4.58. The van der Waals surface area contributed by atoms with E-state index in [1.807, 2.05) is 0 Å². The summed E-state index contributed by atoms with van der Waals surface area (Å²) in [4.78, 5) is 12.4. The summed E-state index contributed by atoms with van der Waals surface area (Å²) in [6.45, 7) is 4.14. The van der Waals surface area contributed by atoms with Gasteiger partial charge in [0.25, 0.3) is 0 Å². The van der Waals surface area contributed by atoms with Gasteiger partial charge in [0, 0.05) is 6.04 Å². The van der Waals surface area contributed by atoms with Crippen molar-refractivity contribution < 1.29 is 4.79 Å². The molecule has 3 N–H and O–H groups in total. The van der Waals surface area contributed by atoms with Gasteiger partial charge in [-0.15, -0.1) is 0 Å². The number of carbonyl (C=O) groups is 1. The molecule has 0 aromatic rings. The Hall–Kier alpha value is -0.640. The van der Waals surface area contributed by atoms with Crippen LogP contribution in [0.2, 0.25) is 0 Å². The van der Waals surface area contributed by atoms with Gasteiger partial charge in [-0.1, -0.05) is 32.5 Å². The van der Waals surface area contributed by atoms with Gasteiger partial charge in [0.05, 0.1) is 10.4 Å². The lowest BCUT2D eigenvalue weighted by atomic mass is 9.68. The van der Waals surface area contributed by atoms with E-state index in [2.05, 4.69) is 19.2 Å². The van der Waals surface area contributed by atoms with Crippen molar-refractivity contribution in [1.82, 2.24) is 5.32 Å². The highest BCUT2D eigenvalue weighted by Gasteiger charge is 2.47. The van der Waals surface area contributed by atoms with E-state index < -0.39 is 5.41 Å². The Bertz CT molecular complexity index is 257. The molecule has 1 amide bonds. The minimum absolute atomic E-state index is 0.0370. The molecule has 0 aromatic carbocycles. The molecule has 3 nitrogen and oxygen atoms in total. The number of nitrogens with one attached hydrogen (secondary N) is 1. The molecule has 1 aliphatic rings. The predicted molar refractivity (Wildman–Crippen MR) is 65.6 cm³/mol. The molecule has 0 aliphatic heterocycles. The normalized spacial score (nSPS) is 18.3. The molecule has 4 heteroatoms. The summed E-state index contributed by atoms with van der Waals surface area (Å²) in [5.74, 6) is 0.0370. The molecule has 0 saturated heterocycles. The van der Waals surface area contributed by atoms with E-state index in [0.29, 0.717) is 4.99 Å². The number of hydrogen-bond donors (Lipinski definition) is 2. The van der Waals surface area contributed by atoms with E-state index >= 15 is 0 Å². The van der Waals surface area contributed by atoms with Gasteiger partial charge in [0.15, 0.2) is 0 Å². The molecule has 0 aromatic heterocycles. The maximum absolute atomic E-state index is 12.0. The first-order valence-corrected chi connectivity index (χ1v) is 6.08. The van der Waals surface area contributed by atoms with Crippen LogP contribution < -0.4 is 11.1 Å². The van der Waals surface area contributed by atoms with Crippen LogP contribution in [0.4, 0.5) is 0 Å². The molecule has 86 valence electrons. The van der Waals surface area contributed by atoms with Crippen LogP contribution in [0.1, 0.15) is 46.0 Å². The molecule has 0 heterocycles. The molecular weight excluding hydrogens is 208 g/mol. The standard InChI is InChI=1S/C11H20N2OS/c1-3-8(4-2)13-10(14)11(9(12)15)6-5-7-11/h8H,3-7H2,1-2H3,(H2,12,15)(H,13,14). The Balaban J connectivity index is 2.62. The molecule has 1 aliphatic carbocycles. The Kier molecular flexibility index (Phi) is 4.08. The first kappa shape index (κ1) is 12.4. The summed E-state index contributed by atoms with van der Waals surface area (Å²) in [5, 5.41) is 3.03. The van der Waals surface area contributed by atoms with Gasteiger partial charge >= 0.3 is 0 Å². The Labute approximate surface area is 96.8 Å². The summed E-state index contributed by atoms with van der Waals surface area (Å²) in [5.41, 5.74) is 5.13. The second kappa shape index (κ2) is 4.92. The molecule has 1 rings (SSSR count). The highest BCUT2D eigenvalue weighted by atomic mass is 32.1. The van der Waals surface area contributed by atoms with Gasteiger partial charge in [-0.2, -0.15) is 0 Å². The number of amides is 1. The van der Waals surface area contributed by atoms with Crippen LogP contribution in [-0.4, -0.2) is 16.9 Å². The zero-order valence-corrected chi connectivity index (χ0v) is 10.3. The zero-order valence-electron chi connectivity index (χ0n) is 9.51. The van der Waals surface area contributed by atoms with Gasteiger partial charge in [0.2, 0.25) is 5.91 Å². The first-order chi connectivity index (χ1) is 7.06. The third-order valence-corrected chi connectivity index (χ3v) is 3.82. The fourth-order valence-electron chi connectivity index (χ4n) is 1.93. The molecule has 0 spiro atoms. The molecule has 15 heavy (non-hydrogen) atoms. The van der Waals surface area contributed by atoms with Crippen LogP contribution in [0.15, 0.2) is 0 Å². The zero-order chi connectivity index (χ0) is 11.5. The van der Waals surface area contributed by atoms with E-state index in [0.717, 1.165) is 32.1 Å². The largest absolute Gasteiger partial charge is 0.392 e. The van der Waals surface area contributed by atoms with Crippen LogP contribution in [0, 0.1) is 5.41 Å². The fraction of sp³-hybridized carbons (Fsp3) is 0.818. The second-order valence-corrected chi connectivity index (χ2v) is 4.73. The quantitative estimate of drug-likeness (QED) is 0.705. The summed E-state index contributed by atoms with van der Waals surface area (Å²) < 4.78 is 0. The fourth-order valence-corrected chi connectivity index (χ4v) is 2.23. The topological polar surface area (TPSA) is 55.1 Å². The predicted octanol–water partition coefficient (Wildman–Crippen LogP) is 1.75. The van der Waals surface area contributed by atoms with E-state index in [4.69, 9.17) is 18.0 Å². The highest BCUT2D eigenvalue weighted by molar-refractivity contribution is 7.80. The van der Waals surface area contributed by atoms with Crippen LogP contribution >= 0.6 is 12.2 Å². The number of carbonyl (C=O) groups excluding carboxylic acids is 1. The minimum Gasteiger partial charge on any atom is -0.392 e. The molecule has 0 radical (unpaired) electrons. The molecule has 0 atom stereocenters. The van der Waals surface area contributed by atoms with Crippen molar-refractivity contribution in [3.05, 3.63) is 0 Å².